The van der Waals surface area contributed by atoms with Gasteiger partial charge in [-0.2, -0.15) is 0 Å². The first-order chi connectivity index (χ1) is 9.08. The highest BCUT2D eigenvalue weighted by molar-refractivity contribution is 9.10. The van der Waals surface area contributed by atoms with Crippen molar-refractivity contribution in [3.05, 3.63) is 51.9 Å². The molecular weight excluding hydrogens is 302 g/mol. The van der Waals surface area contributed by atoms with Gasteiger partial charge < -0.3 is 5.32 Å². The van der Waals surface area contributed by atoms with Gasteiger partial charge >= 0.3 is 0 Å². The van der Waals surface area contributed by atoms with Crippen LogP contribution in [0.5, 0.6) is 0 Å². The third-order valence-corrected chi connectivity index (χ3v) is 3.44. The van der Waals surface area contributed by atoms with Gasteiger partial charge in [-0.05, 0) is 23.6 Å². The predicted octanol–water partition coefficient (Wildman–Crippen LogP) is 4.00. The van der Waals surface area contributed by atoms with Gasteiger partial charge in [0.25, 0.3) is 0 Å². The number of halogens is 1. The second kappa shape index (κ2) is 6.15. The van der Waals surface area contributed by atoms with Gasteiger partial charge in [0.15, 0.2) is 0 Å². The Hall–Kier alpha value is -1.42. The van der Waals surface area contributed by atoms with Gasteiger partial charge in [0, 0.05) is 29.7 Å². The molecule has 0 radical (unpaired) electrons. The normalized spacial score (nSPS) is 10.8. The molecule has 0 saturated heterocycles. The highest BCUT2D eigenvalue weighted by Gasteiger charge is 2.07. The van der Waals surface area contributed by atoms with Crippen molar-refractivity contribution in [3.63, 3.8) is 0 Å². The lowest BCUT2D eigenvalue weighted by Gasteiger charge is -2.10. The van der Waals surface area contributed by atoms with Crippen molar-refractivity contribution in [2.45, 2.75) is 26.2 Å². The molecule has 2 rings (SSSR count). The zero-order valence-electron chi connectivity index (χ0n) is 11.4. The average Bonchev–Trinajstić information content (AvgIpc) is 2.41. The molecule has 1 aromatic carbocycles. The molecular formula is C15H18BrN3. The molecule has 0 spiro atoms. The monoisotopic (exact) mass is 319 g/mol. The van der Waals surface area contributed by atoms with Crippen molar-refractivity contribution in [1.82, 2.24) is 9.97 Å². The van der Waals surface area contributed by atoms with E-state index >= 15 is 0 Å². The van der Waals surface area contributed by atoms with E-state index in [9.17, 15) is 0 Å². The molecule has 0 bridgehead atoms. The molecule has 0 unspecified atom stereocenters. The van der Waals surface area contributed by atoms with E-state index in [1.54, 1.807) is 0 Å². The van der Waals surface area contributed by atoms with E-state index in [0.29, 0.717) is 5.92 Å². The van der Waals surface area contributed by atoms with E-state index < -0.39 is 0 Å². The fourth-order valence-electron chi connectivity index (χ4n) is 1.81. The van der Waals surface area contributed by atoms with Crippen LogP contribution in [0.1, 0.15) is 36.8 Å². The van der Waals surface area contributed by atoms with Crippen LogP contribution in [0, 0.1) is 0 Å². The largest absolute Gasteiger partial charge is 0.373 e. The fourth-order valence-corrected chi connectivity index (χ4v) is 2.07. The van der Waals surface area contributed by atoms with Crippen LogP contribution < -0.4 is 5.32 Å². The summed E-state index contributed by atoms with van der Waals surface area (Å²) in [5.41, 5.74) is 2.29. The Morgan fingerprint density at radius 2 is 1.84 bits per heavy atom. The van der Waals surface area contributed by atoms with E-state index in [2.05, 4.69) is 57.2 Å². The number of anilines is 1. The third-order valence-electron chi connectivity index (χ3n) is 2.92. The Labute approximate surface area is 122 Å². The molecule has 100 valence electrons. The maximum absolute atomic E-state index is 4.64. The minimum absolute atomic E-state index is 0.402. The molecule has 0 aliphatic carbocycles. The summed E-state index contributed by atoms with van der Waals surface area (Å²) in [6.45, 7) is 4.29. The molecule has 0 fully saturated rings. The zero-order valence-corrected chi connectivity index (χ0v) is 13.0. The highest BCUT2D eigenvalue weighted by Crippen LogP contribution is 2.18. The molecule has 0 amide bonds. The lowest BCUT2D eigenvalue weighted by Crippen LogP contribution is -2.05. The molecule has 1 aromatic heterocycles. The van der Waals surface area contributed by atoms with E-state index in [4.69, 9.17) is 0 Å². The molecule has 1 N–H and O–H groups in total. The minimum Gasteiger partial charge on any atom is -0.373 e. The Morgan fingerprint density at radius 1 is 1.16 bits per heavy atom. The summed E-state index contributed by atoms with van der Waals surface area (Å²) in [6, 6.07) is 10.3. The summed E-state index contributed by atoms with van der Waals surface area (Å²) >= 11 is 3.44. The van der Waals surface area contributed by atoms with Crippen LogP contribution in [-0.2, 0) is 6.42 Å². The Balaban J connectivity index is 2.28. The van der Waals surface area contributed by atoms with Gasteiger partial charge in [-0.25, -0.2) is 9.97 Å². The van der Waals surface area contributed by atoms with Crippen LogP contribution in [0.15, 0.2) is 34.8 Å². The van der Waals surface area contributed by atoms with Gasteiger partial charge in [-0.1, -0.05) is 41.9 Å². The van der Waals surface area contributed by atoms with Crippen molar-refractivity contribution < 1.29 is 0 Å². The summed E-state index contributed by atoms with van der Waals surface area (Å²) in [7, 11) is 1.88. The number of nitrogens with zero attached hydrogens (tertiary/aromatic N) is 2. The third kappa shape index (κ3) is 3.77. The molecule has 3 nitrogen and oxygen atoms in total. The first-order valence-electron chi connectivity index (χ1n) is 6.38. The standard InChI is InChI=1S/C15H18BrN3/c1-10(2)13-9-14(17-3)19-15(18-13)8-11-4-6-12(16)7-5-11/h4-7,9-10H,8H2,1-3H3,(H,17,18,19). The molecule has 0 atom stereocenters. The van der Waals surface area contributed by atoms with Crippen LogP contribution in [-0.4, -0.2) is 17.0 Å². The van der Waals surface area contributed by atoms with E-state index in [1.807, 2.05) is 25.2 Å². The maximum atomic E-state index is 4.64. The maximum Gasteiger partial charge on any atom is 0.135 e. The molecule has 1 heterocycles. The van der Waals surface area contributed by atoms with Gasteiger partial charge in [0.05, 0.1) is 0 Å². The van der Waals surface area contributed by atoms with Crippen molar-refractivity contribution in [2.75, 3.05) is 12.4 Å². The number of aromatic nitrogens is 2. The molecule has 2 aromatic rings. The highest BCUT2D eigenvalue weighted by atomic mass is 79.9. The number of rotatable bonds is 4. The lowest BCUT2D eigenvalue weighted by molar-refractivity contribution is 0.793. The summed E-state index contributed by atoms with van der Waals surface area (Å²) in [5, 5.41) is 3.10. The number of benzene rings is 1. The van der Waals surface area contributed by atoms with Crippen LogP contribution >= 0.6 is 15.9 Å². The van der Waals surface area contributed by atoms with Crippen molar-refractivity contribution in [3.8, 4) is 0 Å². The smallest absolute Gasteiger partial charge is 0.135 e. The second-order valence-electron chi connectivity index (χ2n) is 4.80. The van der Waals surface area contributed by atoms with E-state index in [1.165, 1.54) is 5.56 Å². The second-order valence-corrected chi connectivity index (χ2v) is 5.72. The van der Waals surface area contributed by atoms with Gasteiger partial charge in [0.2, 0.25) is 0 Å². The molecule has 19 heavy (non-hydrogen) atoms. The van der Waals surface area contributed by atoms with Gasteiger partial charge in [-0.15, -0.1) is 0 Å². The van der Waals surface area contributed by atoms with Crippen molar-refractivity contribution >= 4 is 21.7 Å². The minimum atomic E-state index is 0.402. The lowest BCUT2D eigenvalue weighted by atomic mass is 10.1. The number of hydrogen-bond acceptors (Lipinski definition) is 3. The number of nitrogens with one attached hydrogen (secondary N) is 1. The molecule has 0 saturated carbocycles. The first-order valence-corrected chi connectivity index (χ1v) is 7.18. The number of hydrogen-bond donors (Lipinski definition) is 1. The van der Waals surface area contributed by atoms with Gasteiger partial charge in [0.1, 0.15) is 11.6 Å². The Kier molecular flexibility index (Phi) is 4.53. The van der Waals surface area contributed by atoms with Crippen LogP contribution in [0.3, 0.4) is 0 Å². The summed E-state index contributed by atoms with van der Waals surface area (Å²) in [5.74, 6) is 2.14. The molecule has 4 heteroatoms. The van der Waals surface area contributed by atoms with Crippen LogP contribution in [0.4, 0.5) is 5.82 Å². The summed E-state index contributed by atoms with van der Waals surface area (Å²) in [6.07, 6.45) is 0.753. The fraction of sp³-hybridized carbons (Fsp3) is 0.333. The van der Waals surface area contributed by atoms with Crippen LogP contribution in [0.2, 0.25) is 0 Å². The topological polar surface area (TPSA) is 37.8 Å². The quantitative estimate of drug-likeness (QED) is 0.925. The van der Waals surface area contributed by atoms with Gasteiger partial charge in [-0.3, -0.25) is 0 Å². The first kappa shape index (κ1) is 14.0. The SMILES string of the molecule is CNc1cc(C(C)C)nc(Cc2ccc(Br)cc2)n1. The predicted molar refractivity (Wildman–Crippen MR) is 82.6 cm³/mol. The van der Waals surface area contributed by atoms with Crippen molar-refractivity contribution in [1.29, 1.82) is 0 Å². The van der Waals surface area contributed by atoms with E-state index in [0.717, 1.165) is 28.2 Å². The molecule has 0 aliphatic rings. The van der Waals surface area contributed by atoms with Crippen LogP contribution in [0.25, 0.3) is 0 Å². The average molecular weight is 320 g/mol. The van der Waals surface area contributed by atoms with Crippen molar-refractivity contribution in [2.24, 2.45) is 0 Å². The zero-order chi connectivity index (χ0) is 13.8. The molecule has 0 aliphatic heterocycles. The summed E-state index contributed by atoms with van der Waals surface area (Å²) < 4.78 is 1.09. The summed E-state index contributed by atoms with van der Waals surface area (Å²) in [4.78, 5) is 9.15. The Bertz CT molecular complexity index is 550. The Morgan fingerprint density at radius 3 is 2.42 bits per heavy atom. The van der Waals surface area contributed by atoms with E-state index in [-0.39, 0.29) is 0 Å².